The maximum atomic E-state index is 9.13. The molecule has 3 aromatic heterocycles. The van der Waals surface area contributed by atoms with Crippen LogP contribution in [0.15, 0.2) is 186 Å². The quantitative estimate of drug-likeness (QED) is 0.184. The molecule has 238 valence electrons. The Morgan fingerprint density at radius 2 is 1.14 bits per heavy atom. The summed E-state index contributed by atoms with van der Waals surface area (Å²) in [4.78, 5) is 0. The zero-order valence-electron chi connectivity index (χ0n) is 35.9. The fraction of sp³-hybridized carbons (Fsp3) is 0. The van der Waals surface area contributed by atoms with Gasteiger partial charge in [0.05, 0.1) is 45.5 Å². The molecule has 3 heterocycles. The molecule has 0 amide bonds. The molecule has 0 saturated carbocycles. The molecule has 3 nitrogen and oxygen atoms in total. The first-order chi connectivity index (χ1) is 29.1. The number of aromatic nitrogens is 2. The lowest BCUT2D eigenvalue weighted by atomic mass is 9.94. The third-order valence-electron chi connectivity index (χ3n) is 9.92. The summed E-state index contributed by atoms with van der Waals surface area (Å²) in [6.45, 7) is 0. The number of hydrogen-bond donors (Lipinski definition) is 0. The Hall–Kier alpha value is -6.84. The van der Waals surface area contributed by atoms with Crippen LogP contribution in [0.4, 0.5) is 0 Å². The van der Waals surface area contributed by atoms with E-state index >= 15 is 0 Å². The van der Waals surface area contributed by atoms with Gasteiger partial charge in [-0.25, -0.2) is 0 Å². The van der Waals surface area contributed by atoms with Gasteiger partial charge in [0.1, 0.15) is 11.2 Å². The Kier molecular flexibility index (Phi) is 4.38. The first-order valence-electron chi connectivity index (χ1n) is 21.2. The largest absolute Gasteiger partial charge is 0.456 e. The van der Waals surface area contributed by atoms with Gasteiger partial charge >= 0.3 is 0 Å². The Morgan fingerprint density at radius 1 is 0.431 bits per heavy atom. The van der Waals surface area contributed by atoms with Crippen molar-refractivity contribution >= 4 is 65.6 Å². The molecule has 8 aromatic carbocycles. The van der Waals surface area contributed by atoms with Crippen molar-refractivity contribution in [3.8, 4) is 33.6 Å². The highest BCUT2D eigenvalue weighted by Gasteiger charge is 2.23. The Bertz CT molecular complexity index is 3630. The summed E-state index contributed by atoms with van der Waals surface area (Å²) >= 11 is 0. The van der Waals surface area contributed by atoms with Crippen LogP contribution in [-0.4, -0.2) is 9.13 Å². The molecule has 0 spiro atoms. The van der Waals surface area contributed by atoms with Gasteiger partial charge in [0.15, 0.2) is 0 Å². The van der Waals surface area contributed by atoms with Crippen molar-refractivity contribution in [3.63, 3.8) is 0 Å². The first kappa shape index (κ1) is 20.6. The normalized spacial score (nSPS) is 14.4. The second-order valence-electron chi connectivity index (χ2n) is 12.6. The van der Waals surface area contributed by atoms with E-state index in [2.05, 4.69) is 75.9 Å². The van der Waals surface area contributed by atoms with Gasteiger partial charge in [-0.1, -0.05) is 127 Å². The van der Waals surface area contributed by atoms with E-state index in [1.807, 2.05) is 42.5 Å². The third-order valence-corrected chi connectivity index (χ3v) is 9.92. The summed E-state index contributed by atoms with van der Waals surface area (Å²) in [6, 6.07) is 37.7. The van der Waals surface area contributed by atoms with Crippen molar-refractivity contribution < 1.29 is 16.8 Å². The summed E-state index contributed by atoms with van der Waals surface area (Å²) in [5.41, 5.74) is 7.06. The minimum Gasteiger partial charge on any atom is -0.456 e. The number of fused-ring (bicyclic) bond motifs is 10. The fourth-order valence-corrected chi connectivity index (χ4v) is 7.85. The van der Waals surface area contributed by atoms with Crippen molar-refractivity contribution in [3.05, 3.63) is 182 Å². The molecule has 0 fully saturated rings. The summed E-state index contributed by atoms with van der Waals surface area (Å²) in [5.74, 6) is 0. The molecule has 11 aromatic rings. The second-order valence-corrected chi connectivity index (χ2v) is 12.6. The highest BCUT2D eigenvalue weighted by atomic mass is 16.3. The van der Waals surface area contributed by atoms with Crippen LogP contribution < -0.4 is 0 Å². The van der Waals surface area contributed by atoms with Crippen LogP contribution in [0.2, 0.25) is 0 Å². The van der Waals surface area contributed by atoms with Gasteiger partial charge in [0.25, 0.3) is 0 Å². The van der Waals surface area contributed by atoms with E-state index in [4.69, 9.17) is 16.8 Å². The van der Waals surface area contributed by atoms with Gasteiger partial charge in [0.2, 0.25) is 0 Å². The van der Waals surface area contributed by atoms with E-state index in [1.54, 1.807) is 18.2 Å². The number of furan rings is 1. The Balaban J connectivity index is 1.24. The SMILES string of the molecule is [2H]c1c([2H])c([2H])c(-c2c([2H])c([2H])c([2H])c([2H])c2-c2ccc3oc4cccc(-n5c6ccccc6c6c5ccc5c7ccccc7n(-c7ccccc7)c56)c4c3c2)c([2H])c1[2H]. The van der Waals surface area contributed by atoms with E-state index in [1.165, 1.54) is 0 Å². The number of rotatable bonds is 4. The highest BCUT2D eigenvalue weighted by Crippen LogP contribution is 2.44. The smallest absolute Gasteiger partial charge is 0.137 e. The summed E-state index contributed by atoms with van der Waals surface area (Å²) in [5, 5.41) is 5.86. The molecule has 0 unspecified atom stereocenters. The molecule has 51 heavy (non-hydrogen) atoms. The molecule has 3 heteroatoms. The van der Waals surface area contributed by atoms with Crippen molar-refractivity contribution in [1.82, 2.24) is 9.13 Å². The molecular formula is C48H30N2O. The van der Waals surface area contributed by atoms with Crippen LogP contribution in [0.1, 0.15) is 12.3 Å². The van der Waals surface area contributed by atoms with Crippen LogP contribution in [0.5, 0.6) is 0 Å². The van der Waals surface area contributed by atoms with E-state index in [0.29, 0.717) is 22.1 Å². The minimum absolute atomic E-state index is 0.0151. The molecule has 0 N–H and O–H groups in total. The highest BCUT2D eigenvalue weighted by molar-refractivity contribution is 6.26. The molecule has 11 rings (SSSR count). The van der Waals surface area contributed by atoms with Gasteiger partial charge in [-0.05, 0) is 76.9 Å². The van der Waals surface area contributed by atoms with E-state index in [0.717, 1.165) is 60.4 Å². The van der Waals surface area contributed by atoms with E-state index < -0.39 is 54.4 Å². The van der Waals surface area contributed by atoms with Crippen LogP contribution in [0.3, 0.4) is 0 Å². The van der Waals surface area contributed by atoms with Crippen LogP contribution >= 0.6 is 0 Å². The lowest BCUT2D eigenvalue weighted by Gasteiger charge is -2.12. The number of para-hydroxylation sites is 3. The van der Waals surface area contributed by atoms with Gasteiger partial charge in [-0.3, -0.25) is 0 Å². The molecule has 0 atom stereocenters. The molecule has 0 aliphatic heterocycles. The van der Waals surface area contributed by atoms with Crippen molar-refractivity contribution in [2.45, 2.75) is 0 Å². The van der Waals surface area contributed by atoms with Gasteiger partial charge < -0.3 is 13.6 Å². The van der Waals surface area contributed by atoms with Crippen LogP contribution in [0, 0.1) is 0 Å². The Morgan fingerprint density at radius 3 is 1.96 bits per heavy atom. The molecular weight excluding hydrogens is 621 g/mol. The summed E-state index contributed by atoms with van der Waals surface area (Å²) in [6.07, 6.45) is 0. The maximum absolute atomic E-state index is 9.13. The van der Waals surface area contributed by atoms with Gasteiger partial charge in [-0.2, -0.15) is 0 Å². The topological polar surface area (TPSA) is 23.0 Å². The lowest BCUT2D eigenvalue weighted by Crippen LogP contribution is -1.96. The van der Waals surface area contributed by atoms with E-state index in [9.17, 15) is 0 Å². The molecule has 0 aliphatic rings. The van der Waals surface area contributed by atoms with Crippen molar-refractivity contribution in [2.24, 2.45) is 0 Å². The standard InChI is InChI=1S/C48H30N2O/c1-3-14-31(15-4-1)34-18-7-8-19-35(34)32-26-29-44-39(30-32)46-42(24-13-25-45(46)51-44)50-41-23-12-10-21-38(41)47-43(50)28-27-37-36-20-9-11-22-40(36)49(48(37)47)33-16-5-2-6-17-33/h1-30H/i1D,3D,4D,7D,8D,14D,15D,18D,19D. The van der Waals surface area contributed by atoms with Crippen LogP contribution in [0.25, 0.3) is 99.2 Å². The number of benzene rings is 8. The zero-order valence-corrected chi connectivity index (χ0v) is 26.9. The second kappa shape index (κ2) is 10.8. The lowest BCUT2D eigenvalue weighted by molar-refractivity contribution is 0.669. The van der Waals surface area contributed by atoms with Crippen LogP contribution in [-0.2, 0) is 0 Å². The molecule has 0 saturated heterocycles. The Labute approximate surface area is 306 Å². The monoisotopic (exact) mass is 659 g/mol. The summed E-state index contributed by atoms with van der Waals surface area (Å²) < 4.78 is 88.9. The predicted molar refractivity (Wildman–Crippen MR) is 213 cm³/mol. The zero-order chi connectivity index (χ0) is 41.3. The molecule has 0 aliphatic carbocycles. The van der Waals surface area contributed by atoms with Gasteiger partial charge in [-0.15, -0.1) is 0 Å². The van der Waals surface area contributed by atoms with E-state index in [-0.39, 0.29) is 16.7 Å². The minimum atomic E-state index is -0.599. The number of hydrogen-bond acceptors (Lipinski definition) is 1. The number of nitrogens with zero attached hydrogens (tertiary/aromatic N) is 2. The van der Waals surface area contributed by atoms with Gasteiger partial charge in [0, 0.05) is 32.6 Å². The predicted octanol–water partition coefficient (Wildman–Crippen LogP) is 13.1. The fourth-order valence-electron chi connectivity index (χ4n) is 7.85. The average Bonchev–Trinajstić information content (AvgIpc) is 3.94. The average molecular weight is 660 g/mol. The van der Waals surface area contributed by atoms with Crippen molar-refractivity contribution in [1.29, 1.82) is 0 Å². The maximum Gasteiger partial charge on any atom is 0.137 e. The summed E-state index contributed by atoms with van der Waals surface area (Å²) in [7, 11) is 0. The first-order valence-corrected chi connectivity index (χ1v) is 16.7. The molecule has 0 bridgehead atoms. The third kappa shape index (κ3) is 4.06. The molecule has 0 radical (unpaired) electrons. The van der Waals surface area contributed by atoms with Crippen molar-refractivity contribution in [2.75, 3.05) is 0 Å².